The Bertz CT molecular complexity index is 495. The van der Waals surface area contributed by atoms with Crippen molar-refractivity contribution in [2.45, 2.75) is 37.5 Å². The van der Waals surface area contributed by atoms with Crippen molar-refractivity contribution in [3.05, 3.63) is 29.6 Å². The average Bonchev–Trinajstić information content (AvgIpc) is 2.16. The second kappa shape index (κ2) is 4.14. The molecule has 0 saturated carbocycles. The van der Waals surface area contributed by atoms with Gasteiger partial charge in [0.15, 0.2) is 0 Å². The third kappa shape index (κ3) is 2.59. The number of sulfonamides is 1. The lowest BCUT2D eigenvalue weighted by Crippen LogP contribution is -2.19. The Balaban J connectivity index is 3.40. The minimum Gasteiger partial charge on any atom is -0.225 e. The average molecular weight is 245 g/mol. The van der Waals surface area contributed by atoms with Crippen molar-refractivity contribution in [3.63, 3.8) is 0 Å². The number of hydrogen-bond donors (Lipinski definition) is 1. The lowest BCUT2D eigenvalue weighted by atomic mass is 9.82. The molecule has 0 saturated heterocycles. The second-order valence-electron chi connectivity index (χ2n) is 4.43. The monoisotopic (exact) mass is 245 g/mol. The van der Waals surface area contributed by atoms with E-state index in [-0.39, 0.29) is 5.41 Å². The van der Waals surface area contributed by atoms with Gasteiger partial charge in [-0.15, -0.1) is 0 Å². The zero-order valence-electron chi connectivity index (χ0n) is 9.62. The lowest BCUT2D eigenvalue weighted by molar-refractivity contribution is 0.500. The van der Waals surface area contributed by atoms with Crippen molar-refractivity contribution < 1.29 is 12.8 Å². The number of halogens is 1. The molecular weight excluding hydrogens is 229 g/mol. The van der Waals surface area contributed by atoms with Crippen LogP contribution < -0.4 is 5.14 Å². The van der Waals surface area contributed by atoms with E-state index in [1.54, 1.807) is 6.07 Å². The normalized spacial score (nSPS) is 12.8. The zero-order valence-corrected chi connectivity index (χ0v) is 10.4. The van der Waals surface area contributed by atoms with E-state index >= 15 is 0 Å². The molecule has 0 amide bonds. The van der Waals surface area contributed by atoms with Crippen LogP contribution in [0.2, 0.25) is 0 Å². The number of primary sulfonamides is 1. The van der Waals surface area contributed by atoms with Gasteiger partial charge in [0, 0.05) is 0 Å². The summed E-state index contributed by atoms with van der Waals surface area (Å²) < 4.78 is 35.6. The molecule has 0 aromatic heterocycles. The molecule has 3 nitrogen and oxygen atoms in total. The van der Waals surface area contributed by atoms with Gasteiger partial charge in [0.05, 0.1) is 0 Å². The van der Waals surface area contributed by atoms with Crippen molar-refractivity contribution in [2.24, 2.45) is 5.14 Å². The van der Waals surface area contributed by atoms with Crippen molar-refractivity contribution in [1.29, 1.82) is 0 Å². The van der Waals surface area contributed by atoms with E-state index in [0.717, 1.165) is 18.1 Å². The molecule has 0 aliphatic carbocycles. The summed E-state index contributed by atoms with van der Waals surface area (Å²) >= 11 is 0. The van der Waals surface area contributed by atoms with E-state index in [4.69, 9.17) is 5.14 Å². The van der Waals surface area contributed by atoms with Crippen LogP contribution in [0.4, 0.5) is 4.39 Å². The van der Waals surface area contributed by atoms with Crippen LogP contribution in [0.5, 0.6) is 0 Å². The van der Waals surface area contributed by atoms with Gasteiger partial charge in [-0.05, 0) is 29.5 Å². The van der Waals surface area contributed by atoms with Gasteiger partial charge in [-0.25, -0.2) is 17.9 Å². The maximum absolute atomic E-state index is 13.3. The van der Waals surface area contributed by atoms with E-state index in [1.807, 2.05) is 20.8 Å². The summed E-state index contributed by atoms with van der Waals surface area (Å²) in [5.74, 6) is -0.807. The maximum atomic E-state index is 13.3. The molecular formula is C11H16FNO2S. The minimum absolute atomic E-state index is 0.201. The van der Waals surface area contributed by atoms with Gasteiger partial charge in [-0.2, -0.15) is 0 Å². The Labute approximate surface area is 95.5 Å². The molecule has 90 valence electrons. The summed E-state index contributed by atoms with van der Waals surface area (Å²) in [7, 11) is -4.00. The van der Waals surface area contributed by atoms with Gasteiger partial charge in [-0.1, -0.05) is 26.8 Å². The molecule has 0 aliphatic rings. The van der Waals surface area contributed by atoms with Gasteiger partial charge in [0.25, 0.3) is 0 Å². The fourth-order valence-corrected chi connectivity index (χ4v) is 1.98. The Morgan fingerprint density at radius 3 is 2.38 bits per heavy atom. The number of hydrogen-bond acceptors (Lipinski definition) is 2. The molecule has 0 unspecified atom stereocenters. The van der Waals surface area contributed by atoms with E-state index < -0.39 is 20.7 Å². The lowest BCUT2D eigenvalue weighted by Gasteiger charge is -2.23. The van der Waals surface area contributed by atoms with Crippen LogP contribution in [0.1, 0.15) is 32.8 Å². The molecule has 5 heteroatoms. The smallest absolute Gasteiger partial charge is 0.225 e. The van der Waals surface area contributed by atoms with Crippen LogP contribution in [0.25, 0.3) is 0 Å². The van der Waals surface area contributed by atoms with Crippen molar-refractivity contribution >= 4 is 10.0 Å². The molecule has 16 heavy (non-hydrogen) atoms. The van der Waals surface area contributed by atoms with Crippen LogP contribution in [0, 0.1) is 5.82 Å². The third-order valence-corrected chi connectivity index (χ3v) is 3.83. The van der Waals surface area contributed by atoms with Gasteiger partial charge in [-0.3, -0.25) is 0 Å². The van der Waals surface area contributed by atoms with E-state index in [9.17, 15) is 12.8 Å². The molecule has 1 aromatic rings. The predicted octanol–water partition coefficient (Wildman–Crippen LogP) is 2.16. The van der Waals surface area contributed by atoms with Gasteiger partial charge < -0.3 is 0 Å². The summed E-state index contributed by atoms with van der Waals surface area (Å²) in [6.45, 7) is 5.92. The largest absolute Gasteiger partial charge is 0.240 e. The zero-order chi connectivity index (χ0) is 12.6. The molecule has 0 atom stereocenters. The highest BCUT2D eigenvalue weighted by molar-refractivity contribution is 7.89. The molecule has 0 bridgehead atoms. The van der Waals surface area contributed by atoms with Gasteiger partial charge in [0.2, 0.25) is 10.0 Å². The molecule has 0 spiro atoms. The van der Waals surface area contributed by atoms with E-state index in [0.29, 0.717) is 0 Å². The molecule has 1 rings (SSSR count). The molecule has 0 fully saturated rings. The summed E-state index contributed by atoms with van der Waals surface area (Å²) in [5.41, 5.74) is 0.563. The Kier molecular flexibility index (Phi) is 3.40. The van der Waals surface area contributed by atoms with Crippen LogP contribution in [-0.2, 0) is 15.4 Å². The SMILES string of the molecule is CCC(C)(C)c1ccc(F)c(S(N)(=O)=O)c1. The molecule has 0 aliphatic heterocycles. The quantitative estimate of drug-likeness (QED) is 0.887. The summed E-state index contributed by atoms with van der Waals surface area (Å²) in [6, 6.07) is 4.05. The first kappa shape index (κ1) is 13.1. The Morgan fingerprint density at radius 1 is 1.38 bits per heavy atom. The summed E-state index contributed by atoms with van der Waals surface area (Å²) in [6.07, 6.45) is 0.822. The number of benzene rings is 1. The molecule has 0 heterocycles. The topological polar surface area (TPSA) is 60.2 Å². The highest BCUT2D eigenvalue weighted by atomic mass is 32.2. The van der Waals surface area contributed by atoms with Gasteiger partial charge >= 0.3 is 0 Å². The predicted molar refractivity (Wildman–Crippen MR) is 61.1 cm³/mol. The van der Waals surface area contributed by atoms with Crippen LogP contribution >= 0.6 is 0 Å². The summed E-state index contributed by atoms with van der Waals surface area (Å²) in [4.78, 5) is -0.438. The minimum atomic E-state index is -4.00. The second-order valence-corrected chi connectivity index (χ2v) is 5.96. The van der Waals surface area contributed by atoms with Crippen molar-refractivity contribution in [1.82, 2.24) is 0 Å². The highest BCUT2D eigenvalue weighted by Gasteiger charge is 2.22. The van der Waals surface area contributed by atoms with Gasteiger partial charge in [0.1, 0.15) is 10.7 Å². The summed E-state index contributed by atoms with van der Waals surface area (Å²) in [5, 5.41) is 4.94. The van der Waals surface area contributed by atoms with Crippen LogP contribution in [0.3, 0.4) is 0 Å². The van der Waals surface area contributed by atoms with E-state index in [2.05, 4.69) is 0 Å². The Hall–Kier alpha value is -0.940. The first-order chi connectivity index (χ1) is 7.18. The maximum Gasteiger partial charge on any atom is 0.240 e. The first-order valence-corrected chi connectivity index (χ1v) is 6.56. The molecule has 1 aromatic carbocycles. The number of rotatable bonds is 3. The first-order valence-electron chi connectivity index (χ1n) is 5.01. The molecule has 0 radical (unpaired) electrons. The third-order valence-electron chi connectivity index (χ3n) is 2.90. The standard InChI is InChI=1S/C11H16FNO2S/c1-4-11(2,3)8-5-6-9(12)10(7-8)16(13,14)15/h5-7H,4H2,1-3H3,(H2,13,14,15). The molecule has 2 N–H and O–H groups in total. The van der Waals surface area contributed by atoms with Crippen LogP contribution in [0.15, 0.2) is 23.1 Å². The highest BCUT2D eigenvalue weighted by Crippen LogP contribution is 2.29. The van der Waals surface area contributed by atoms with Crippen molar-refractivity contribution in [3.8, 4) is 0 Å². The fourth-order valence-electron chi connectivity index (χ4n) is 1.35. The Morgan fingerprint density at radius 2 is 1.94 bits per heavy atom. The van der Waals surface area contributed by atoms with Crippen LogP contribution in [-0.4, -0.2) is 8.42 Å². The van der Waals surface area contributed by atoms with E-state index in [1.165, 1.54) is 6.07 Å². The number of nitrogens with two attached hydrogens (primary N) is 1. The van der Waals surface area contributed by atoms with Crippen molar-refractivity contribution in [2.75, 3.05) is 0 Å². The fraction of sp³-hybridized carbons (Fsp3) is 0.455.